The van der Waals surface area contributed by atoms with Gasteiger partial charge in [0, 0.05) is 12.2 Å². The summed E-state index contributed by atoms with van der Waals surface area (Å²) in [4.78, 5) is 24.1. The van der Waals surface area contributed by atoms with Gasteiger partial charge in [0.05, 0.1) is 23.1 Å². The average Bonchev–Trinajstić information content (AvgIpc) is 2.98. The standard InChI is InChI=1S/C15H19ClN2O3/c1-3-15(6-7-17-9-15)14(20)18-10-4-5-12(16)11(8-10)13(19)21-2/h4-5,8,17H,3,6-7,9H2,1-2H3,(H,18,20). The van der Waals surface area contributed by atoms with Crippen molar-refractivity contribution in [1.29, 1.82) is 0 Å². The topological polar surface area (TPSA) is 67.4 Å². The first kappa shape index (κ1) is 15.8. The number of esters is 1. The first-order chi connectivity index (χ1) is 10.0. The van der Waals surface area contributed by atoms with E-state index in [2.05, 4.69) is 15.4 Å². The van der Waals surface area contributed by atoms with Gasteiger partial charge in [-0.25, -0.2) is 4.79 Å². The van der Waals surface area contributed by atoms with E-state index in [1.165, 1.54) is 13.2 Å². The van der Waals surface area contributed by atoms with Gasteiger partial charge in [-0.05, 0) is 37.6 Å². The van der Waals surface area contributed by atoms with Crippen LogP contribution in [0.3, 0.4) is 0 Å². The number of rotatable bonds is 4. The Morgan fingerprint density at radius 3 is 2.81 bits per heavy atom. The summed E-state index contributed by atoms with van der Waals surface area (Å²) < 4.78 is 4.67. The molecule has 0 aromatic heterocycles. The first-order valence-electron chi connectivity index (χ1n) is 6.92. The molecule has 0 spiro atoms. The molecule has 1 aliphatic heterocycles. The number of amides is 1. The molecule has 2 N–H and O–H groups in total. The van der Waals surface area contributed by atoms with E-state index in [0.29, 0.717) is 17.3 Å². The van der Waals surface area contributed by atoms with Crippen molar-refractivity contribution < 1.29 is 14.3 Å². The SMILES string of the molecule is CCC1(C(=O)Nc2ccc(Cl)c(C(=O)OC)c2)CCNC1. The minimum atomic E-state index is -0.524. The van der Waals surface area contributed by atoms with Crippen LogP contribution < -0.4 is 10.6 Å². The molecule has 0 saturated carbocycles. The number of anilines is 1. The van der Waals surface area contributed by atoms with Gasteiger partial charge in [-0.2, -0.15) is 0 Å². The summed E-state index contributed by atoms with van der Waals surface area (Å²) in [5.41, 5.74) is 0.405. The lowest BCUT2D eigenvalue weighted by Gasteiger charge is -2.25. The summed E-state index contributed by atoms with van der Waals surface area (Å²) in [6, 6.07) is 4.80. The van der Waals surface area contributed by atoms with Crippen molar-refractivity contribution in [1.82, 2.24) is 5.32 Å². The molecule has 1 heterocycles. The number of benzene rings is 1. The summed E-state index contributed by atoms with van der Waals surface area (Å²) in [5.74, 6) is -0.558. The lowest BCUT2D eigenvalue weighted by molar-refractivity contribution is -0.124. The number of carbonyl (C=O) groups excluding carboxylic acids is 2. The van der Waals surface area contributed by atoms with Crippen LogP contribution in [0.15, 0.2) is 18.2 Å². The number of ether oxygens (including phenoxy) is 1. The minimum absolute atomic E-state index is 0.0341. The van der Waals surface area contributed by atoms with Gasteiger partial charge in [-0.15, -0.1) is 0 Å². The molecule has 1 saturated heterocycles. The second-order valence-electron chi connectivity index (χ2n) is 5.20. The smallest absolute Gasteiger partial charge is 0.339 e. The van der Waals surface area contributed by atoms with E-state index in [1.54, 1.807) is 12.1 Å². The van der Waals surface area contributed by atoms with Gasteiger partial charge in [-0.3, -0.25) is 4.79 Å². The van der Waals surface area contributed by atoms with Crippen molar-refractivity contribution in [2.24, 2.45) is 5.41 Å². The third-order valence-electron chi connectivity index (χ3n) is 4.03. The summed E-state index contributed by atoms with van der Waals surface area (Å²) in [7, 11) is 1.29. The van der Waals surface area contributed by atoms with E-state index in [4.69, 9.17) is 11.6 Å². The largest absolute Gasteiger partial charge is 0.465 e. The molecular formula is C15H19ClN2O3. The zero-order valence-electron chi connectivity index (χ0n) is 12.2. The molecule has 1 fully saturated rings. The van der Waals surface area contributed by atoms with Crippen molar-refractivity contribution in [2.45, 2.75) is 19.8 Å². The van der Waals surface area contributed by atoms with Crippen molar-refractivity contribution in [3.05, 3.63) is 28.8 Å². The van der Waals surface area contributed by atoms with E-state index in [0.717, 1.165) is 19.4 Å². The van der Waals surface area contributed by atoms with Gasteiger partial charge in [0.2, 0.25) is 5.91 Å². The predicted octanol–water partition coefficient (Wildman–Crippen LogP) is 2.45. The van der Waals surface area contributed by atoms with Crippen molar-refractivity contribution in [3.63, 3.8) is 0 Å². The Hall–Kier alpha value is -1.59. The fraction of sp³-hybridized carbons (Fsp3) is 0.467. The zero-order valence-corrected chi connectivity index (χ0v) is 12.9. The third kappa shape index (κ3) is 3.19. The molecule has 0 radical (unpaired) electrons. The van der Waals surface area contributed by atoms with Crippen LogP contribution in [0.5, 0.6) is 0 Å². The lowest BCUT2D eigenvalue weighted by Crippen LogP contribution is -2.37. The molecule has 2 rings (SSSR count). The predicted molar refractivity (Wildman–Crippen MR) is 81.6 cm³/mol. The van der Waals surface area contributed by atoms with Gasteiger partial charge < -0.3 is 15.4 Å². The van der Waals surface area contributed by atoms with Crippen LogP contribution >= 0.6 is 11.6 Å². The number of nitrogens with one attached hydrogen (secondary N) is 2. The van der Waals surface area contributed by atoms with Crippen LogP contribution in [0.4, 0.5) is 5.69 Å². The van der Waals surface area contributed by atoms with Crippen molar-refractivity contribution in [3.8, 4) is 0 Å². The molecule has 0 aliphatic carbocycles. The molecule has 21 heavy (non-hydrogen) atoms. The van der Waals surface area contributed by atoms with Crippen LogP contribution in [0.2, 0.25) is 5.02 Å². The third-order valence-corrected chi connectivity index (χ3v) is 4.36. The van der Waals surface area contributed by atoms with Crippen molar-refractivity contribution in [2.75, 3.05) is 25.5 Å². The Morgan fingerprint density at radius 1 is 1.48 bits per heavy atom. The molecule has 0 bridgehead atoms. The molecule has 1 aliphatic rings. The number of hydrogen-bond donors (Lipinski definition) is 2. The fourth-order valence-corrected chi connectivity index (χ4v) is 2.73. The highest BCUT2D eigenvalue weighted by Gasteiger charge is 2.39. The Labute approximate surface area is 129 Å². The van der Waals surface area contributed by atoms with Crippen LogP contribution in [0, 0.1) is 5.41 Å². The maximum atomic E-state index is 12.5. The number of hydrogen-bond acceptors (Lipinski definition) is 4. The zero-order chi connectivity index (χ0) is 15.5. The van der Waals surface area contributed by atoms with E-state index in [9.17, 15) is 9.59 Å². The Morgan fingerprint density at radius 2 is 2.24 bits per heavy atom. The quantitative estimate of drug-likeness (QED) is 0.838. The lowest BCUT2D eigenvalue weighted by atomic mass is 9.83. The summed E-state index contributed by atoms with van der Waals surface area (Å²) in [5, 5.41) is 6.40. The van der Waals surface area contributed by atoms with Crippen LogP contribution in [0.25, 0.3) is 0 Å². The monoisotopic (exact) mass is 310 g/mol. The second-order valence-corrected chi connectivity index (χ2v) is 5.61. The number of carbonyl (C=O) groups is 2. The molecule has 1 amide bonds. The highest BCUT2D eigenvalue weighted by atomic mass is 35.5. The maximum Gasteiger partial charge on any atom is 0.339 e. The molecular weight excluding hydrogens is 292 g/mol. The van der Waals surface area contributed by atoms with E-state index >= 15 is 0 Å². The average molecular weight is 311 g/mol. The van der Waals surface area contributed by atoms with Gasteiger partial charge >= 0.3 is 5.97 Å². The van der Waals surface area contributed by atoms with Crippen LogP contribution in [-0.2, 0) is 9.53 Å². The van der Waals surface area contributed by atoms with Gasteiger partial charge in [-0.1, -0.05) is 18.5 Å². The normalized spacial score (nSPS) is 21.1. The van der Waals surface area contributed by atoms with E-state index in [1.807, 2.05) is 6.92 Å². The fourth-order valence-electron chi connectivity index (χ4n) is 2.53. The Kier molecular flexibility index (Phi) is 4.85. The summed E-state index contributed by atoms with van der Waals surface area (Å²) >= 11 is 5.96. The minimum Gasteiger partial charge on any atom is -0.465 e. The molecule has 6 heteroatoms. The molecule has 114 valence electrons. The molecule has 1 atom stereocenters. The second kappa shape index (κ2) is 6.45. The number of halogens is 1. The summed E-state index contributed by atoms with van der Waals surface area (Å²) in [6.07, 6.45) is 1.58. The van der Waals surface area contributed by atoms with Gasteiger partial charge in [0.25, 0.3) is 0 Å². The van der Waals surface area contributed by atoms with Gasteiger partial charge in [0.15, 0.2) is 0 Å². The van der Waals surface area contributed by atoms with Crippen molar-refractivity contribution >= 4 is 29.2 Å². The summed E-state index contributed by atoms with van der Waals surface area (Å²) in [6.45, 7) is 3.52. The molecule has 5 nitrogen and oxygen atoms in total. The Bertz CT molecular complexity index is 554. The first-order valence-corrected chi connectivity index (χ1v) is 7.30. The number of methoxy groups -OCH3 is 1. The Balaban J connectivity index is 2.20. The van der Waals surface area contributed by atoms with E-state index in [-0.39, 0.29) is 16.9 Å². The van der Waals surface area contributed by atoms with Gasteiger partial charge in [0.1, 0.15) is 0 Å². The maximum absolute atomic E-state index is 12.5. The van der Waals surface area contributed by atoms with Crippen LogP contribution in [-0.4, -0.2) is 32.1 Å². The highest BCUT2D eigenvalue weighted by Crippen LogP contribution is 2.31. The molecule has 1 aromatic rings. The van der Waals surface area contributed by atoms with E-state index < -0.39 is 5.97 Å². The van der Waals surface area contributed by atoms with Crippen LogP contribution in [0.1, 0.15) is 30.1 Å². The molecule has 1 aromatic carbocycles. The molecule has 1 unspecified atom stereocenters. The highest BCUT2D eigenvalue weighted by molar-refractivity contribution is 6.33.